The van der Waals surface area contributed by atoms with Crippen LogP contribution in [0, 0.1) is 0 Å². The van der Waals surface area contributed by atoms with Gasteiger partial charge in [-0.1, -0.05) is 42.5 Å². The molecule has 3 N–H and O–H groups in total. The van der Waals surface area contributed by atoms with Gasteiger partial charge in [-0.2, -0.15) is 0 Å². The topological polar surface area (TPSA) is 132 Å². The molecule has 0 saturated heterocycles. The van der Waals surface area contributed by atoms with Gasteiger partial charge in [0.15, 0.2) is 11.5 Å². The van der Waals surface area contributed by atoms with Crippen LogP contribution in [-0.2, 0) is 29.8 Å². The summed E-state index contributed by atoms with van der Waals surface area (Å²) in [6.07, 6.45) is 1.86. The Labute approximate surface area is 212 Å². The second-order valence-electron chi connectivity index (χ2n) is 7.98. The first-order valence-electron chi connectivity index (χ1n) is 11.3. The number of carboxylic acids is 2. The maximum Gasteiger partial charge on any atom is 0.414 e. The molecule has 0 spiro atoms. The average molecular weight is 504 g/mol. The molecule has 0 radical (unpaired) electrons. The van der Waals surface area contributed by atoms with Crippen LogP contribution in [0.25, 0.3) is 11.3 Å². The second kappa shape index (κ2) is 11.6. The van der Waals surface area contributed by atoms with Gasteiger partial charge in [-0.05, 0) is 41.5 Å². The summed E-state index contributed by atoms with van der Waals surface area (Å²) >= 11 is 0. The summed E-state index contributed by atoms with van der Waals surface area (Å²) in [5, 5.41) is 18.2. The number of benzene rings is 3. The Morgan fingerprint density at radius 2 is 1.65 bits per heavy atom. The lowest BCUT2D eigenvalue weighted by atomic mass is 10.1. The van der Waals surface area contributed by atoms with E-state index in [1.807, 2.05) is 66.3 Å². The summed E-state index contributed by atoms with van der Waals surface area (Å²) in [4.78, 5) is 22.7. The molecule has 0 bridgehead atoms. The van der Waals surface area contributed by atoms with Gasteiger partial charge >= 0.3 is 11.9 Å². The Kier molecular flexibility index (Phi) is 7.89. The highest BCUT2D eigenvalue weighted by atomic mass is 16.7. The summed E-state index contributed by atoms with van der Waals surface area (Å²) in [5.41, 5.74) is 4.35. The zero-order chi connectivity index (χ0) is 26.2. The van der Waals surface area contributed by atoms with E-state index in [9.17, 15) is 0 Å². The van der Waals surface area contributed by atoms with Crippen LogP contribution in [0.1, 0.15) is 11.1 Å². The zero-order valence-corrected chi connectivity index (χ0v) is 20.0. The standard InChI is InChI=1S/C25H23N3O3.C2H2O4/c1-28-22(20-9-12-23-24(13-20)31-17-30-23)15-27-25(28)26-14-18-7-10-21(11-8-18)29-16-19-5-3-2-4-6-19;3-1(4)2(5)6/h2-13,15H,14,16-17H2,1H3,(H,26,27);(H,3,4)(H,5,6). The fourth-order valence-corrected chi connectivity index (χ4v) is 3.52. The van der Waals surface area contributed by atoms with Gasteiger partial charge in [-0.15, -0.1) is 0 Å². The smallest absolute Gasteiger partial charge is 0.414 e. The number of aromatic nitrogens is 2. The van der Waals surface area contributed by atoms with Crippen molar-refractivity contribution in [2.24, 2.45) is 7.05 Å². The first-order chi connectivity index (χ1) is 17.9. The third kappa shape index (κ3) is 6.57. The van der Waals surface area contributed by atoms with Gasteiger partial charge in [0.05, 0.1) is 11.9 Å². The quantitative estimate of drug-likeness (QED) is 0.318. The van der Waals surface area contributed by atoms with Gasteiger partial charge in [0, 0.05) is 19.2 Å². The van der Waals surface area contributed by atoms with E-state index >= 15 is 0 Å². The molecular formula is C27H25N3O7. The van der Waals surface area contributed by atoms with Crippen LogP contribution in [0.4, 0.5) is 5.95 Å². The highest BCUT2D eigenvalue weighted by molar-refractivity contribution is 6.27. The first-order valence-corrected chi connectivity index (χ1v) is 11.3. The predicted molar refractivity (Wildman–Crippen MR) is 135 cm³/mol. The van der Waals surface area contributed by atoms with Crippen molar-refractivity contribution in [2.75, 3.05) is 12.1 Å². The summed E-state index contributed by atoms with van der Waals surface area (Å²) < 4.78 is 18.8. The van der Waals surface area contributed by atoms with Crippen LogP contribution in [0.2, 0.25) is 0 Å². The van der Waals surface area contributed by atoms with Gasteiger partial charge < -0.3 is 34.3 Å². The SMILES string of the molecule is Cn1c(-c2ccc3c(c2)OCO3)cnc1NCc1ccc(OCc2ccccc2)cc1.O=C(O)C(=O)O. The monoisotopic (exact) mass is 503 g/mol. The number of carboxylic acid groups (broad SMARTS) is 2. The number of nitrogens with one attached hydrogen (secondary N) is 1. The molecule has 0 amide bonds. The number of aliphatic carboxylic acids is 2. The Hall–Kier alpha value is -4.99. The minimum Gasteiger partial charge on any atom is -0.489 e. The lowest BCUT2D eigenvalue weighted by Crippen LogP contribution is -2.09. The van der Waals surface area contributed by atoms with Crippen LogP contribution in [0.15, 0.2) is 79.0 Å². The van der Waals surface area contributed by atoms with Gasteiger partial charge in [0.2, 0.25) is 12.7 Å². The molecule has 190 valence electrons. The summed E-state index contributed by atoms with van der Waals surface area (Å²) in [7, 11) is 2.00. The number of nitrogens with zero attached hydrogens (tertiary/aromatic N) is 2. The molecule has 1 aliphatic rings. The van der Waals surface area contributed by atoms with Crippen molar-refractivity contribution in [3.8, 4) is 28.5 Å². The van der Waals surface area contributed by atoms with E-state index in [0.717, 1.165) is 45.6 Å². The largest absolute Gasteiger partial charge is 0.489 e. The van der Waals surface area contributed by atoms with Crippen molar-refractivity contribution >= 4 is 17.9 Å². The zero-order valence-electron chi connectivity index (χ0n) is 20.0. The minimum atomic E-state index is -1.82. The van der Waals surface area contributed by atoms with Crippen LogP contribution in [0.5, 0.6) is 17.2 Å². The molecule has 5 rings (SSSR count). The van der Waals surface area contributed by atoms with Crippen molar-refractivity contribution in [1.29, 1.82) is 0 Å². The van der Waals surface area contributed by atoms with Crippen LogP contribution < -0.4 is 19.5 Å². The van der Waals surface area contributed by atoms with E-state index in [4.69, 9.17) is 34.0 Å². The summed E-state index contributed by atoms with van der Waals surface area (Å²) in [5.74, 6) is -0.444. The molecule has 1 aromatic heterocycles. The van der Waals surface area contributed by atoms with E-state index < -0.39 is 11.9 Å². The molecule has 1 aliphatic heterocycles. The number of hydrogen-bond acceptors (Lipinski definition) is 7. The average Bonchev–Trinajstić information content (AvgIpc) is 3.53. The molecule has 2 heterocycles. The Balaban J connectivity index is 0.000000480. The van der Waals surface area contributed by atoms with Crippen molar-refractivity contribution in [3.05, 3.63) is 90.1 Å². The summed E-state index contributed by atoms with van der Waals surface area (Å²) in [6.45, 7) is 1.51. The van der Waals surface area contributed by atoms with E-state index in [1.165, 1.54) is 0 Å². The molecule has 3 aromatic carbocycles. The maximum atomic E-state index is 9.10. The van der Waals surface area contributed by atoms with Crippen LogP contribution in [-0.4, -0.2) is 38.5 Å². The molecule has 0 atom stereocenters. The van der Waals surface area contributed by atoms with E-state index in [1.54, 1.807) is 0 Å². The molecule has 37 heavy (non-hydrogen) atoms. The number of ether oxygens (including phenoxy) is 3. The molecule has 0 fully saturated rings. The van der Waals surface area contributed by atoms with Crippen molar-refractivity contribution < 1.29 is 34.0 Å². The third-order valence-electron chi connectivity index (χ3n) is 5.46. The van der Waals surface area contributed by atoms with Crippen molar-refractivity contribution in [3.63, 3.8) is 0 Å². The Morgan fingerprint density at radius 1 is 0.946 bits per heavy atom. The maximum absolute atomic E-state index is 9.10. The highest BCUT2D eigenvalue weighted by Gasteiger charge is 2.16. The second-order valence-corrected chi connectivity index (χ2v) is 7.98. The lowest BCUT2D eigenvalue weighted by molar-refractivity contribution is -0.159. The number of anilines is 1. The van der Waals surface area contributed by atoms with E-state index in [0.29, 0.717) is 13.2 Å². The molecule has 10 nitrogen and oxygen atoms in total. The normalized spacial score (nSPS) is 11.3. The fourth-order valence-electron chi connectivity index (χ4n) is 3.52. The molecule has 4 aromatic rings. The number of fused-ring (bicyclic) bond motifs is 1. The molecule has 0 unspecified atom stereocenters. The summed E-state index contributed by atoms with van der Waals surface area (Å²) in [6, 6.07) is 24.2. The van der Waals surface area contributed by atoms with Crippen LogP contribution in [0.3, 0.4) is 0 Å². The number of imidazole rings is 1. The predicted octanol–water partition coefficient (Wildman–Crippen LogP) is 4.16. The van der Waals surface area contributed by atoms with E-state index in [2.05, 4.69) is 34.6 Å². The number of carbonyl (C=O) groups is 2. The van der Waals surface area contributed by atoms with Gasteiger partial charge in [0.1, 0.15) is 12.4 Å². The van der Waals surface area contributed by atoms with E-state index in [-0.39, 0.29) is 6.79 Å². The molecule has 10 heteroatoms. The van der Waals surface area contributed by atoms with Gasteiger partial charge in [-0.3, -0.25) is 0 Å². The van der Waals surface area contributed by atoms with Gasteiger partial charge in [0.25, 0.3) is 0 Å². The minimum absolute atomic E-state index is 0.271. The molecular weight excluding hydrogens is 478 g/mol. The van der Waals surface area contributed by atoms with Gasteiger partial charge in [-0.25, -0.2) is 14.6 Å². The molecule has 0 saturated carbocycles. The Bertz CT molecular complexity index is 1360. The highest BCUT2D eigenvalue weighted by Crippen LogP contribution is 2.36. The first kappa shape index (κ1) is 25.1. The Morgan fingerprint density at radius 3 is 2.35 bits per heavy atom. The fraction of sp³-hybridized carbons (Fsp3) is 0.148. The van der Waals surface area contributed by atoms with Crippen molar-refractivity contribution in [2.45, 2.75) is 13.2 Å². The number of rotatable bonds is 7. The van der Waals surface area contributed by atoms with Crippen molar-refractivity contribution in [1.82, 2.24) is 9.55 Å². The third-order valence-corrected chi connectivity index (χ3v) is 5.46. The molecule has 0 aliphatic carbocycles. The van der Waals surface area contributed by atoms with Crippen LogP contribution >= 0.6 is 0 Å². The number of hydrogen-bond donors (Lipinski definition) is 3. The lowest BCUT2D eigenvalue weighted by Gasteiger charge is -2.10.